The first-order chi connectivity index (χ1) is 11.9. The maximum absolute atomic E-state index is 12.0. The predicted octanol–water partition coefficient (Wildman–Crippen LogP) is -0.472. The van der Waals surface area contributed by atoms with Crippen molar-refractivity contribution in [3.8, 4) is 5.95 Å². The van der Waals surface area contributed by atoms with E-state index < -0.39 is 11.8 Å². The third-order valence-electron chi connectivity index (χ3n) is 3.22. The van der Waals surface area contributed by atoms with Crippen molar-refractivity contribution in [1.82, 2.24) is 25.1 Å². The van der Waals surface area contributed by atoms with E-state index in [2.05, 4.69) is 25.7 Å². The molecular weight excluding hydrogens is 328 g/mol. The second-order valence-corrected chi connectivity index (χ2v) is 5.20. The molecule has 0 saturated heterocycles. The van der Waals surface area contributed by atoms with E-state index in [0.717, 1.165) is 0 Å². The van der Waals surface area contributed by atoms with Crippen molar-refractivity contribution in [2.24, 2.45) is 0 Å². The number of aromatic amines is 1. The summed E-state index contributed by atoms with van der Waals surface area (Å²) in [6.07, 6.45) is 0.570. The standard InChI is InChI=1S/C15H20N6O4/c1-4-10-8-12(22)19-15(17-10)21-11(7-9(2)20-21)18-14(24)13(23)16-5-6-25-3/h7-8H,4-6H2,1-3H3,(H,16,23)(H,18,24)(H,17,19,22). The number of carbonyl (C=O) groups is 2. The molecule has 0 aliphatic heterocycles. The second kappa shape index (κ2) is 8.20. The molecule has 0 radical (unpaired) electrons. The number of hydrogen-bond donors (Lipinski definition) is 3. The van der Waals surface area contributed by atoms with Crippen LogP contribution < -0.4 is 16.2 Å². The van der Waals surface area contributed by atoms with Crippen molar-refractivity contribution in [2.75, 3.05) is 25.6 Å². The van der Waals surface area contributed by atoms with Gasteiger partial charge in [-0.3, -0.25) is 19.4 Å². The van der Waals surface area contributed by atoms with Crippen molar-refractivity contribution in [2.45, 2.75) is 20.3 Å². The van der Waals surface area contributed by atoms with Crippen molar-refractivity contribution in [3.05, 3.63) is 33.9 Å². The quantitative estimate of drug-likeness (QED) is 0.478. The topological polar surface area (TPSA) is 131 Å². The van der Waals surface area contributed by atoms with Crippen LogP contribution in [-0.2, 0) is 20.7 Å². The number of carbonyl (C=O) groups excluding carboxylic acids is 2. The van der Waals surface area contributed by atoms with Crippen LogP contribution >= 0.6 is 0 Å². The van der Waals surface area contributed by atoms with E-state index in [9.17, 15) is 14.4 Å². The van der Waals surface area contributed by atoms with Crippen LogP contribution in [0.25, 0.3) is 5.95 Å². The number of aromatic nitrogens is 4. The summed E-state index contributed by atoms with van der Waals surface area (Å²) in [7, 11) is 1.49. The van der Waals surface area contributed by atoms with Crippen LogP contribution in [0.5, 0.6) is 0 Å². The summed E-state index contributed by atoms with van der Waals surface area (Å²) < 4.78 is 6.08. The number of anilines is 1. The lowest BCUT2D eigenvalue weighted by molar-refractivity contribution is -0.136. The van der Waals surface area contributed by atoms with Crippen LogP contribution in [0.1, 0.15) is 18.3 Å². The molecule has 0 fully saturated rings. The summed E-state index contributed by atoms with van der Waals surface area (Å²) in [4.78, 5) is 42.3. The molecule has 0 bridgehead atoms. The fourth-order valence-electron chi connectivity index (χ4n) is 2.05. The van der Waals surface area contributed by atoms with Crippen LogP contribution in [0.15, 0.2) is 16.9 Å². The third kappa shape index (κ3) is 4.73. The Balaban J connectivity index is 2.24. The molecule has 0 aliphatic carbocycles. The second-order valence-electron chi connectivity index (χ2n) is 5.20. The van der Waals surface area contributed by atoms with Gasteiger partial charge >= 0.3 is 11.8 Å². The van der Waals surface area contributed by atoms with Gasteiger partial charge in [0.2, 0.25) is 5.95 Å². The van der Waals surface area contributed by atoms with E-state index in [1.807, 2.05) is 6.92 Å². The molecular formula is C15H20N6O4. The molecule has 0 unspecified atom stereocenters. The molecule has 25 heavy (non-hydrogen) atoms. The monoisotopic (exact) mass is 348 g/mol. The summed E-state index contributed by atoms with van der Waals surface area (Å²) in [6.45, 7) is 4.10. The van der Waals surface area contributed by atoms with Gasteiger partial charge in [0.15, 0.2) is 0 Å². The average Bonchev–Trinajstić information content (AvgIpc) is 2.94. The zero-order valence-electron chi connectivity index (χ0n) is 14.3. The number of H-pyrrole nitrogens is 1. The minimum Gasteiger partial charge on any atom is -0.383 e. The largest absolute Gasteiger partial charge is 0.383 e. The molecule has 0 atom stereocenters. The molecule has 2 aromatic rings. The molecule has 134 valence electrons. The zero-order valence-corrected chi connectivity index (χ0v) is 14.3. The van der Waals surface area contributed by atoms with E-state index in [-0.39, 0.29) is 23.9 Å². The number of methoxy groups -OCH3 is 1. The SMILES string of the molecule is CCc1cc(=O)[nH]c(-n2nc(C)cc2NC(=O)C(=O)NCCOC)n1. The number of rotatable bonds is 6. The summed E-state index contributed by atoms with van der Waals surface area (Å²) in [5.74, 6) is -1.27. The molecule has 2 rings (SSSR count). The first-order valence-corrected chi connectivity index (χ1v) is 7.70. The molecule has 2 amide bonds. The van der Waals surface area contributed by atoms with Crippen molar-refractivity contribution >= 4 is 17.6 Å². The molecule has 10 heteroatoms. The fraction of sp³-hybridized carbons (Fsp3) is 0.400. The number of nitrogens with one attached hydrogen (secondary N) is 3. The lowest BCUT2D eigenvalue weighted by Crippen LogP contribution is -2.37. The summed E-state index contributed by atoms with van der Waals surface area (Å²) in [6, 6.07) is 2.96. The average molecular weight is 348 g/mol. The van der Waals surface area contributed by atoms with Crippen LogP contribution in [0.3, 0.4) is 0 Å². The smallest absolute Gasteiger partial charge is 0.314 e. The van der Waals surface area contributed by atoms with E-state index in [0.29, 0.717) is 24.4 Å². The Kier molecular flexibility index (Phi) is 6.01. The molecule has 0 saturated carbocycles. The van der Waals surface area contributed by atoms with E-state index in [1.54, 1.807) is 13.0 Å². The van der Waals surface area contributed by atoms with Crippen LogP contribution in [0.4, 0.5) is 5.82 Å². The van der Waals surface area contributed by atoms with Gasteiger partial charge in [-0.25, -0.2) is 4.98 Å². The zero-order chi connectivity index (χ0) is 18.4. The molecule has 0 spiro atoms. The summed E-state index contributed by atoms with van der Waals surface area (Å²) in [5, 5.41) is 9.08. The minimum absolute atomic E-state index is 0.160. The van der Waals surface area contributed by atoms with E-state index in [4.69, 9.17) is 4.74 Å². The Labute approximate surface area is 143 Å². The summed E-state index contributed by atoms with van der Waals surface area (Å²) in [5.41, 5.74) is 0.839. The van der Waals surface area contributed by atoms with Gasteiger partial charge in [-0.05, 0) is 13.3 Å². The van der Waals surface area contributed by atoms with Crippen LogP contribution in [0.2, 0.25) is 0 Å². The Morgan fingerprint density at radius 3 is 2.76 bits per heavy atom. The van der Waals surface area contributed by atoms with Gasteiger partial charge in [0.05, 0.1) is 12.3 Å². The van der Waals surface area contributed by atoms with Crippen molar-refractivity contribution in [3.63, 3.8) is 0 Å². The first-order valence-electron chi connectivity index (χ1n) is 7.70. The highest BCUT2D eigenvalue weighted by Gasteiger charge is 2.18. The van der Waals surface area contributed by atoms with E-state index in [1.165, 1.54) is 17.9 Å². The number of amides is 2. The maximum Gasteiger partial charge on any atom is 0.314 e. The van der Waals surface area contributed by atoms with Crippen LogP contribution in [0, 0.1) is 6.92 Å². The van der Waals surface area contributed by atoms with Crippen LogP contribution in [-0.4, -0.2) is 51.8 Å². The molecule has 2 aromatic heterocycles. The van der Waals surface area contributed by atoms with Gasteiger partial charge in [-0.2, -0.15) is 9.78 Å². The molecule has 3 N–H and O–H groups in total. The molecule has 0 aliphatic rings. The fourth-order valence-corrected chi connectivity index (χ4v) is 2.05. The van der Waals surface area contributed by atoms with E-state index >= 15 is 0 Å². The lowest BCUT2D eigenvalue weighted by atomic mass is 10.3. The molecule has 0 aromatic carbocycles. The Morgan fingerprint density at radius 1 is 1.32 bits per heavy atom. The Morgan fingerprint density at radius 2 is 2.08 bits per heavy atom. The van der Waals surface area contributed by atoms with Gasteiger partial charge in [-0.1, -0.05) is 6.92 Å². The highest BCUT2D eigenvalue weighted by atomic mass is 16.5. The number of aryl methyl sites for hydroxylation is 2. The third-order valence-corrected chi connectivity index (χ3v) is 3.22. The number of nitrogens with zero attached hydrogens (tertiary/aromatic N) is 3. The molecule has 10 nitrogen and oxygen atoms in total. The highest BCUT2D eigenvalue weighted by molar-refractivity contribution is 6.39. The van der Waals surface area contributed by atoms with Crippen molar-refractivity contribution in [1.29, 1.82) is 0 Å². The highest BCUT2D eigenvalue weighted by Crippen LogP contribution is 2.14. The Hall–Kier alpha value is -3.01. The van der Waals surface area contributed by atoms with Gasteiger partial charge in [0, 0.05) is 31.5 Å². The Bertz CT molecular complexity index is 826. The number of ether oxygens (including phenoxy) is 1. The molecule has 2 heterocycles. The van der Waals surface area contributed by atoms with Gasteiger partial charge in [-0.15, -0.1) is 0 Å². The minimum atomic E-state index is -0.855. The number of hydrogen-bond acceptors (Lipinski definition) is 6. The van der Waals surface area contributed by atoms with Crippen molar-refractivity contribution < 1.29 is 14.3 Å². The first kappa shape index (κ1) is 18.3. The summed E-state index contributed by atoms with van der Waals surface area (Å²) >= 11 is 0. The lowest BCUT2D eigenvalue weighted by Gasteiger charge is -2.09. The van der Waals surface area contributed by atoms with Gasteiger partial charge in [0.25, 0.3) is 5.56 Å². The van der Waals surface area contributed by atoms with Gasteiger partial charge in [0.1, 0.15) is 5.82 Å². The van der Waals surface area contributed by atoms with Gasteiger partial charge < -0.3 is 15.4 Å². The maximum atomic E-state index is 12.0. The normalized spacial score (nSPS) is 10.5. The predicted molar refractivity (Wildman–Crippen MR) is 89.6 cm³/mol.